The molecule has 2 aromatic rings. The number of amides is 1. The molecule has 0 bridgehead atoms. The van der Waals surface area contributed by atoms with E-state index in [1.54, 1.807) is 30.7 Å². The van der Waals surface area contributed by atoms with E-state index in [0.29, 0.717) is 23.4 Å². The van der Waals surface area contributed by atoms with Gasteiger partial charge in [-0.25, -0.2) is 9.37 Å². The first-order valence-corrected chi connectivity index (χ1v) is 8.67. The molecular weight excluding hydrogens is 319 g/mol. The summed E-state index contributed by atoms with van der Waals surface area (Å²) in [5, 5.41) is 0. The number of likely N-dealkylation sites (tertiary alicyclic amines) is 1. The van der Waals surface area contributed by atoms with Crippen molar-refractivity contribution in [2.24, 2.45) is 11.8 Å². The van der Waals surface area contributed by atoms with E-state index >= 15 is 0 Å². The smallest absolute Gasteiger partial charge is 0.253 e. The third kappa shape index (κ3) is 2.97. The number of aromatic nitrogens is 2. The van der Waals surface area contributed by atoms with Gasteiger partial charge in [0, 0.05) is 50.1 Å². The van der Waals surface area contributed by atoms with Crippen LogP contribution in [0.5, 0.6) is 0 Å². The van der Waals surface area contributed by atoms with Crippen molar-refractivity contribution in [3.8, 4) is 0 Å². The minimum absolute atomic E-state index is 0.0743. The summed E-state index contributed by atoms with van der Waals surface area (Å²) < 4.78 is 13.4. The maximum atomic E-state index is 13.4. The molecule has 1 aliphatic carbocycles. The number of hydrogen-bond acceptors (Lipinski definition) is 4. The van der Waals surface area contributed by atoms with Crippen molar-refractivity contribution in [3.05, 3.63) is 54.2 Å². The Bertz CT molecular complexity index is 769. The molecule has 0 unspecified atom stereocenters. The first-order valence-electron chi connectivity index (χ1n) is 8.67. The predicted octanol–water partition coefficient (Wildman–Crippen LogP) is 2.60. The number of fused-ring (bicyclic) bond motifs is 1. The van der Waals surface area contributed by atoms with Crippen LogP contribution in [0, 0.1) is 17.7 Å². The van der Waals surface area contributed by atoms with Crippen LogP contribution in [0.25, 0.3) is 0 Å². The molecule has 0 N–H and O–H groups in total. The van der Waals surface area contributed by atoms with Gasteiger partial charge in [-0.2, -0.15) is 0 Å². The van der Waals surface area contributed by atoms with Gasteiger partial charge in [0.15, 0.2) is 0 Å². The zero-order valence-corrected chi connectivity index (χ0v) is 14.2. The lowest BCUT2D eigenvalue weighted by Crippen LogP contribution is -2.39. The van der Waals surface area contributed by atoms with Gasteiger partial charge >= 0.3 is 0 Å². The molecular formula is C19H21FN4O. The monoisotopic (exact) mass is 340 g/mol. The molecule has 2 aliphatic rings. The predicted molar refractivity (Wildman–Crippen MR) is 92.7 cm³/mol. The number of hydrogen-bond donors (Lipinski definition) is 0. The lowest BCUT2D eigenvalue weighted by atomic mass is 9.97. The van der Waals surface area contributed by atoms with Gasteiger partial charge in [-0.15, -0.1) is 0 Å². The normalized spacial score (nSPS) is 25.0. The number of rotatable bonds is 3. The molecule has 3 atom stereocenters. The number of anilines is 1. The van der Waals surface area contributed by atoms with Crippen LogP contribution in [0.15, 0.2) is 42.9 Å². The molecule has 2 heterocycles. The van der Waals surface area contributed by atoms with E-state index in [2.05, 4.69) is 14.9 Å². The third-order valence-electron chi connectivity index (χ3n) is 5.59. The summed E-state index contributed by atoms with van der Waals surface area (Å²) in [7, 11) is 2.05. The Hall–Kier alpha value is -2.50. The Morgan fingerprint density at radius 2 is 2.16 bits per heavy atom. The highest BCUT2D eigenvalue weighted by Gasteiger charge is 2.45. The minimum Gasteiger partial charge on any atom is -0.355 e. The highest BCUT2D eigenvalue weighted by atomic mass is 19.1. The summed E-state index contributed by atoms with van der Waals surface area (Å²) in [4.78, 5) is 25.3. The zero-order valence-electron chi connectivity index (χ0n) is 14.2. The molecule has 1 saturated carbocycles. The summed E-state index contributed by atoms with van der Waals surface area (Å²) in [5.74, 6) is 1.34. The van der Waals surface area contributed by atoms with Crippen molar-refractivity contribution in [2.45, 2.75) is 18.9 Å². The molecule has 0 spiro atoms. The molecule has 4 rings (SSSR count). The minimum atomic E-state index is -0.370. The Labute approximate surface area is 146 Å². The fourth-order valence-corrected chi connectivity index (χ4v) is 4.33. The summed E-state index contributed by atoms with van der Waals surface area (Å²) in [6, 6.07) is 6.31. The van der Waals surface area contributed by atoms with Crippen LogP contribution in [-0.4, -0.2) is 47.0 Å². The number of halogens is 1. The van der Waals surface area contributed by atoms with Crippen LogP contribution in [-0.2, 0) is 0 Å². The summed E-state index contributed by atoms with van der Waals surface area (Å²) >= 11 is 0. The third-order valence-corrected chi connectivity index (χ3v) is 5.59. The molecule has 130 valence electrons. The quantitative estimate of drug-likeness (QED) is 0.862. The van der Waals surface area contributed by atoms with E-state index < -0.39 is 0 Å². The molecule has 6 heteroatoms. The standard InChI is InChI=1S/C19H21FN4O/c1-23(18-10-21-7-8-22-18)17-6-5-14-11-24(12-16(14)17)19(25)13-3-2-4-15(20)9-13/h2-4,7-10,14,16-17H,5-6,11-12H2,1H3/t14-,16+,17-/m1/s1. The van der Waals surface area contributed by atoms with Gasteiger partial charge in [0.05, 0.1) is 6.20 Å². The van der Waals surface area contributed by atoms with Crippen LogP contribution < -0.4 is 4.90 Å². The van der Waals surface area contributed by atoms with Gasteiger partial charge in [0.2, 0.25) is 0 Å². The molecule has 1 amide bonds. The number of nitrogens with zero attached hydrogens (tertiary/aromatic N) is 4. The fourth-order valence-electron chi connectivity index (χ4n) is 4.33. The van der Waals surface area contributed by atoms with E-state index in [1.165, 1.54) is 12.1 Å². The van der Waals surface area contributed by atoms with Gasteiger partial charge < -0.3 is 9.80 Å². The Morgan fingerprint density at radius 3 is 2.92 bits per heavy atom. The molecule has 0 radical (unpaired) electrons. The second kappa shape index (κ2) is 6.43. The van der Waals surface area contributed by atoms with Gasteiger partial charge in [-0.3, -0.25) is 9.78 Å². The van der Waals surface area contributed by atoms with Crippen LogP contribution >= 0.6 is 0 Å². The Morgan fingerprint density at radius 1 is 1.28 bits per heavy atom. The largest absolute Gasteiger partial charge is 0.355 e. The molecule has 25 heavy (non-hydrogen) atoms. The molecule has 5 nitrogen and oxygen atoms in total. The number of carbonyl (C=O) groups is 1. The average Bonchev–Trinajstić information content (AvgIpc) is 3.22. The second-order valence-corrected chi connectivity index (χ2v) is 6.96. The molecule has 1 saturated heterocycles. The van der Waals surface area contributed by atoms with Crippen LogP contribution in [0.1, 0.15) is 23.2 Å². The van der Waals surface area contributed by atoms with Crippen molar-refractivity contribution < 1.29 is 9.18 Å². The molecule has 2 fully saturated rings. The van der Waals surface area contributed by atoms with E-state index in [0.717, 1.165) is 31.7 Å². The molecule has 1 aromatic heterocycles. The average molecular weight is 340 g/mol. The van der Waals surface area contributed by atoms with Crippen molar-refractivity contribution in [1.29, 1.82) is 0 Å². The van der Waals surface area contributed by atoms with E-state index in [4.69, 9.17) is 0 Å². The summed E-state index contributed by atoms with van der Waals surface area (Å²) in [6.45, 7) is 1.47. The lowest BCUT2D eigenvalue weighted by molar-refractivity contribution is 0.0779. The maximum absolute atomic E-state index is 13.4. The summed E-state index contributed by atoms with van der Waals surface area (Å²) in [6.07, 6.45) is 7.35. The molecule has 1 aliphatic heterocycles. The Balaban J connectivity index is 1.49. The highest BCUT2D eigenvalue weighted by molar-refractivity contribution is 5.94. The van der Waals surface area contributed by atoms with Crippen LogP contribution in [0.3, 0.4) is 0 Å². The Kier molecular flexibility index (Phi) is 4.11. The summed E-state index contributed by atoms with van der Waals surface area (Å²) in [5.41, 5.74) is 0.429. The topological polar surface area (TPSA) is 49.3 Å². The van der Waals surface area contributed by atoms with E-state index in [1.807, 2.05) is 11.9 Å². The van der Waals surface area contributed by atoms with Crippen molar-refractivity contribution in [2.75, 3.05) is 25.0 Å². The lowest BCUT2D eigenvalue weighted by Gasteiger charge is -2.30. The first-order chi connectivity index (χ1) is 12.1. The first kappa shape index (κ1) is 16.0. The van der Waals surface area contributed by atoms with E-state index in [-0.39, 0.29) is 11.7 Å². The second-order valence-electron chi connectivity index (χ2n) is 6.96. The van der Waals surface area contributed by atoms with Crippen LogP contribution in [0.2, 0.25) is 0 Å². The highest BCUT2D eigenvalue weighted by Crippen LogP contribution is 2.41. The van der Waals surface area contributed by atoms with Crippen molar-refractivity contribution in [1.82, 2.24) is 14.9 Å². The van der Waals surface area contributed by atoms with E-state index in [9.17, 15) is 9.18 Å². The van der Waals surface area contributed by atoms with Gasteiger partial charge in [-0.05, 0) is 37.0 Å². The van der Waals surface area contributed by atoms with Gasteiger partial charge in [0.1, 0.15) is 11.6 Å². The molecule has 1 aromatic carbocycles. The SMILES string of the molecule is CN(c1cnccn1)[C@@H]1CC[C@@H]2CN(C(=O)c3cccc(F)c3)C[C@@H]21. The zero-order chi connectivity index (χ0) is 17.4. The van der Waals surface area contributed by atoms with Crippen molar-refractivity contribution >= 4 is 11.7 Å². The number of benzene rings is 1. The maximum Gasteiger partial charge on any atom is 0.253 e. The number of carbonyl (C=O) groups excluding carboxylic acids is 1. The van der Waals surface area contributed by atoms with Crippen LogP contribution in [0.4, 0.5) is 10.2 Å². The van der Waals surface area contributed by atoms with Crippen molar-refractivity contribution in [3.63, 3.8) is 0 Å². The fraction of sp³-hybridized carbons (Fsp3) is 0.421. The van der Waals surface area contributed by atoms with Gasteiger partial charge in [0.25, 0.3) is 5.91 Å². The van der Waals surface area contributed by atoms with Gasteiger partial charge in [-0.1, -0.05) is 6.07 Å².